The molecule has 66 heavy (non-hydrogen) atoms. The molecule has 0 heterocycles. The third kappa shape index (κ3) is 45.7. The molecular formula is C62H126N2O2. The smallest absolute Gasteiger partial charge is 0.147 e. The zero-order valence-corrected chi connectivity index (χ0v) is 47.5. The van der Waals surface area contributed by atoms with Crippen LogP contribution in [0.1, 0.15) is 339 Å². The molecule has 0 aliphatic carbocycles. The predicted octanol–water partition coefficient (Wildman–Crippen LogP) is 20.3. The number of carbonyl (C=O) groups is 2. The van der Waals surface area contributed by atoms with Gasteiger partial charge in [-0.1, -0.05) is 293 Å². The largest absolute Gasteiger partial charge is 0.298 e. The number of rotatable bonds is 52. The van der Waals surface area contributed by atoms with E-state index in [1.807, 2.05) is 13.8 Å². The van der Waals surface area contributed by atoms with Crippen molar-refractivity contribution >= 4 is 11.6 Å². The van der Waals surface area contributed by atoms with Crippen LogP contribution in [0.25, 0.3) is 0 Å². The summed E-state index contributed by atoms with van der Waals surface area (Å²) in [5.41, 5.74) is 0. The first-order valence-corrected chi connectivity index (χ1v) is 30.6. The Bertz CT molecular complexity index is 917. The number of carbonyl (C=O) groups excluding carboxylic acids is 2. The lowest BCUT2D eigenvalue weighted by Gasteiger charge is -2.34. The highest BCUT2D eigenvalue weighted by Crippen LogP contribution is 2.21. The molecule has 0 fully saturated rings. The lowest BCUT2D eigenvalue weighted by molar-refractivity contribution is -0.124. The highest BCUT2D eigenvalue weighted by molar-refractivity contribution is 5.82. The topological polar surface area (TPSA) is 40.6 Å². The molecule has 0 aromatic rings. The Hall–Kier alpha value is -0.740. The van der Waals surface area contributed by atoms with Crippen molar-refractivity contribution in [3.05, 3.63) is 0 Å². The van der Waals surface area contributed by atoms with Crippen LogP contribution < -0.4 is 0 Å². The van der Waals surface area contributed by atoms with Crippen LogP contribution in [0, 0.1) is 11.8 Å². The normalized spacial score (nSPS) is 13.1. The standard InChI is InChI=1S/2C31H63NO/c1-6-8-10-12-14-16-18-20-22-24-26-32(31(30(5)33)28-29(3)4)27-25-23-21-19-17-15-13-11-9-7-2;1-6-9-11-13-15-17-19-21-23-25-27-32(31(30(5)33)29(4)8-3)28-26-24-22-20-18-16-14-12-10-7-2/h2*29,31H,6-28H2,1-5H3. The van der Waals surface area contributed by atoms with E-state index in [4.69, 9.17) is 0 Å². The van der Waals surface area contributed by atoms with Gasteiger partial charge in [0.2, 0.25) is 0 Å². The summed E-state index contributed by atoms with van der Waals surface area (Å²) in [5.74, 6) is 1.81. The lowest BCUT2D eigenvalue weighted by Crippen LogP contribution is -2.45. The summed E-state index contributed by atoms with van der Waals surface area (Å²) in [5, 5.41) is 0. The summed E-state index contributed by atoms with van der Waals surface area (Å²) in [6, 6.07) is 0.272. The van der Waals surface area contributed by atoms with Gasteiger partial charge in [-0.05, 0) is 84.0 Å². The van der Waals surface area contributed by atoms with Gasteiger partial charge in [0.1, 0.15) is 11.6 Å². The Balaban J connectivity index is 0. The van der Waals surface area contributed by atoms with E-state index >= 15 is 0 Å². The number of hydrogen-bond donors (Lipinski definition) is 0. The van der Waals surface area contributed by atoms with E-state index in [1.54, 1.807) is 0 Å². The molecule has 0 saturated carbocycles. The molecule has 0 spiro atoms. The van der Waals surface area contributed by atoms with Crippen molar-refractivity contribution in [2.75, 3.05) is 26.2 Å². The van der Waals surface area contributed by atoms with Crippen LogP contribution in [0.3, 0.4) is 0 Å². The molecular weight excluding hydrogens is 805 g/mol. The van der Waals surface area contributed by atoms with Gasteiger partial charge in [0, 0.05) is 0 Å². The SMILES string of the molecule is CCCCCCCCCCCCN(CCCCCCCCCCCC)C(C(C)=O)C(C)CC.CCCCCCCCCCCCN(CCCCCCCCCCCC)C(CC(C)C)C(C)=O. The van der Waals surface area contributed by atoms with E-state index in [9.17, 15) is 9.59 Å². The fourth-order valence-electron chi connectivity index (χ4n) is 10.3. The van der Waals surface area contributed by atoms with Crippen molar-refractivity contribution < 1.29 is 9.59 Å². The van der Waals surface area contributed by atoms with Crippen molar-refractivity contribution in [1.82, 2.24) is 9.80 Å². The van der Waals surface area contributed by atoms with Crippen molar-refractivity contribution in [2.24, 2.45) is 11.8 Å². The van der Waals surface area contributed by atoms with Crippen LogP contribution >= 0.6 is 0 Å². The summed E-state index contributed by atoms with van der Waals surface area (Å²) >= 11 is 0. The summed E-state index contributed by atoms with van der Waals surface area (Å²) in [6.07, 6.45) is 57.2. The molecule has 0 aromatic heterocycles. The molecule has 0 saturated heterocycles. The molecule has 3 unspecified atom stereocenters. The Morgan fingerprint density at radius 1 is 0.318 bits per heavy atom. The van der Waals surface area contributed by atoms with E-state index in [2.05, 4.69) is 65.2 Å². The van der Waals surface area contributed by atoms with Crippen LogP contribution in [0.5, 0.6) is 0 Å². The van der Waals surface area contributed by atoms with E-state index in [0.717, 1.165) is 39.0 Å². The highest BCUT2D eigenvalue weighted by Gasteiger charge is 2.27. The molecule has 0 radical (unpaired) electrons. The average Bonchev–Trinajstić information content (AvgIpc) is 3.29. The van der Waals surface area contributed by atoms with Gasteiger partial charge in [-0.15, -0.1) is 0 Å². The van der Waals surface area contributed by atoms with Crippen molar-refractivity contribution in [2.45, 2.75) is 351 Å². The van der Waals surface area contributed by atoms with Gasteiger partial charge in [0.15, 0.2) is 0 Å². The minimum absolute atomic E-state index is 0.132. The molecule has 0 amide bonds. The number of ketones is 2. The van der Waals surface area contributed by atoms with Gasteiger partial charge >= 0.3 is 0 Å². The zero-order valence-electron chi connectivity index (χ0n) is 47.5. The van der Waals surface area contributed by atoms with E-state index in [0.29, 0.717) is 23.4 Å². The second-order valence-corrected chi connectivity index (χ2v) is 22.0. The van der Waals surface area contributed by atoms with E-state index < -0.39 is 0 Å². The maximum absolute atomic E-state index is 12.5. The third-order valence-electron chi connectivity index (χ3n) is 14.8. The summed E-state index contributed by atoms with van der Waals surface area (Å²) in [7, 11) is 0. The van der Waals surface area contributed by atoms with E-state index in [-0.39, 0.29) is 12.1 Å². The van der Waals surface area contributed by atoms with Gasteiger partial charge in [-0.3, -0.25) is 19.4 Å². The highest BCUT2D eigenvalue weighted by atomic mass is 16.1. The molecule has 396 valence electrons. The number of Topliss-reactive ketones (excluding diaryl/α,β-unsaturated/α-hetero) is 2. The molecule has 4 nitrogen and oxygen atoms in total. The first kappa shape index (κ1) is 67.3. The summed E-state index contributed by atoms with van der Waals surface area (Å²) in [6.45, 7) is 26.3. The van der Waals surface area contributed by atoms with Crippen LogP contribution in [0.2, 0.25) is 0 Å². The molecule has 0 N–H and O–H groups in total. The molecule has 0 aliphatic heterocycles. The number of nitrogens with zero attached hydrogens (tertiary/aromatic N) is 2. The Labute approximate surface area is 418 Å². The maximum Gasteiger partial charge on any atom is 0.147 e. The molecule has 0 rings (SSSR count). The van der Waals surface area contributed by atoms with Gasteiger partial charge in [0.05, 0.1) is 12.1 Å². The first-order chi connectivity index (χ1) is 32.1. The van der Waals surface area contributed by atoms with Gasteiger partial charge < -0.3 is 0 Å². The minimum atomic E-state index is 0.132. The number of hydrogen-bond acceptors (Lipinski definition) is 4. The minimum Gasteiger partial charge on any atom is -0.298 e. The summed E-state index contributed by atoms with van der Waals surface area (Å²) in [4.78, 5) is 30.1. The van der Waals surface area contributed by atoms with Crippen LogP contribution in [-0.2, 0) is 9.59 Å². The fourth-order valence-corrected chi connectivity index (χ4v) is 10.3. The average molecular weight is 932 g/mol. The third-order valence-corrected chi connectivity index (χ3v) is 14.8. The summed E-state index contributed by atoms with van der Waals surface area (Å²) < 4.78 is 0. The second kappa shape index (κ2) is 53.6. The quantitative estimate of drug-likeness (QED) is 0.0570. The molecule has 4 heteroatoms. The Kier molecular flexibility index (Phi) is 54.7. The van der Waals surface area contributed by atoms with Gasteiger partial charge in [0.25, 0.3) is 0 Å². The predicted molar refractivity (Wildman–Crippen MR) is 298 cm³/mol. The van der Waals surface area contributed by atoms with E-state index in [1.165, 1.54) is 257 Å². The molecule has 0 aromatic carbocycles. The molecule has 0 bridgehead atoms. The Morgan fingerprint density at radius 3 is 0.742 bits per heavy atom. The van der Waals surface area contributed by atoms with Crippen LogP contribution in [0.15, 0.2) is 0 Å². The fraction of sp³-hybridized carbons (Fsp3) is 0.968. The van der Waals surface area contributed by atoms with Crippen molar-refractivity contribution in [3.8, 4) is 0 Å². The second-order valence-electron chi connectivity index (χ2n) is 22.0. The maximum atomic E-state index is 12.5. The van der Waals surface area contributed by atoms with Crippen LogP contribution in [-0.4, -0.2) is 59.6 Å². The van der Waals surface area contributed by atoms with Crippen molar-refractivity contribution in [1.29, 1.82) is 0 Å². The molecule has 0 aliphatic rings. The van der Waals surface area contributed by atoms with Crippen molar-refractivity contribution in [3.63, 3.8) is 0 Å². The Morgan fingerprint density at radius 2 is 0.545 bits per heavy atom. The molecule has 3 atom stereocenters. The van der Waals surface area contributed by atoms with Gasteiger partial charge in [-0.25, -0.2) is 0 Å². The lowest BCUT2D eigenvalue weighted by atomic mass is 9.93. The monoisotopic (exact) mass is 931 g/mol. The number of unbranched alkanes of at least 4 members (excludes halogenated alkanes) is 36. The van der Waals surface area contributed by atoms with Crippen LogP contribution in [0.4, 0.5) is 0 Å². The zero-order chi connectivity index (χ0) is 49.1. The van der Waals surface area contributed by atoms with Gasteiger partial charge in [-0.2, -0.15) is 0 Å². The first-order valence-electron chi connectivity index (χ1n) is 30.6.